The van der Waals surface area contributed by atoms with E-state index in [9.17, 15) is 4.79 Å². The molecule has 2 aromatic heterocycles. The Morgan fingerprint density at radius 1 is 0.900 bits per heavy atom. The molecule has 2 heterocycles. The van der Waals surface area contributed by atoms with E-state index in [0.717, 1.165) is 16.9 Å². The van der Waals surface area contributed by atoms with Crippen LogP contribution in [0.1, 0.15) is 5.56 Å². The Kier molecular flexibility index (Phi) is 5.26. The molecule has 0 atom stereocenters. The Bertz CT molecular complexity index is 1200. The number of aryl methyl sites for hydroxylation is 1. The van der Waals surface area contributed by atoms with Gasteiger partial charge in [0.2, 0.25) is 0 Å². The number of nitrogens with zero attached hydrogens (tertiary/aromatic N) is 2. The van der Waals surface area contributed by atoms with E-state index in [0.29, 0.717) is 22.9 Å². The number of urea groups is 1. The largest absolute Gasteiger partial charge is 0.493 e. The summed E-state index contributed by atoms with van der Waals surface area (Å²) < 4.78 is 12.5. The zero-order chi connectivity index (χ0) is 21.1. The van der Waals surface area contributed by atoms with Crippen molar-refractivity contribution >= 4 is 23.1 Å². The number of imidazole rings is 1. The SMILES string of the molecule is COc1ccc(NC(=O)Nc2ccc(-c3cn4ccc(C)cc4n3)cc2)cc1OC. The molecule has 0 aliphatic rings. The molecule has 4 aromatic rings. The molecule has 0 aliphatic carbocycles. The second-order valence-electron chi connectivity index (χ2n) is 6.82. The van der Waals surface area contributed by atoms with Gasteiger partial charge in [-0.05, 0) is 48.9 Å². The molecule has 7 nitrogen and oxygen atoms in total. The van der Waals surface area contributed by atoms with Crippen LogP contribution >= 0.6 is 0 Å². The van der Waals surface area contributed by atoms with Crippen molar-refractivity contribution in [1.82, 2.24) is 9.38 Å². The van der Waals surface area contributed by atoms with E-state index in [-0.39, 0.29) is 6.03 Å². The summed E-state index contributed by atoms with van der Waals surface area (Å²) in [5.74, 6) is 1.14. The highest BCUT2D eigenvalue weighted by molar-refractivity contribution is 6.00. The molecule has 0 radical (unpaired) electrons. The Labute approximate surface area is 174 Å². The number of anilines is 2. The van der Waals surface area contributed by atoms with Gasteiger partial charge >= 0.3 is 6.03 Å². The molecule has 152 valence electrons. The molecule has 2 N–H and O–H groups in total. The minimum atomic E-state index is -0.349. The number of hydrogen-bond acceptors (Lipinski definition) is 4. The molecule has 0 spiro atoms. The zero-order valence-corrected chi connectivity index (χ0v) is 17.0. The summed E-state index contributed by atoms with van der Waals surface area (Å²) in [5, 5.41) is 5.61. The molecular weight excluding hydrogens is 380 g/mol. The lowest BCUT2D eigenvalue weighted by atomic mass is 10.1. The number of pyridine rings is 1. The highest BCUT2D eigenvalue weighted by Crippen LogP contribution is 2.30. The Balaban J connectivity index is 1.44. The number of carbonyl (C=O) groups excluding carboxylic acids is 1. The molecular formula is C23H22N4O3. The molecule has 0 fully saturated rings. The predicted octanol–water partition coefficient (Wildman–Crippen LogP) is 4.97. The summed E-state index contributed by atoms with van der Waals surface area (Å²) in [7, 11) is 3.11. The van der Waals surface area contributed by atoms with Crippen molar-refractivity contribution < 1.29 is 14.3 Å². The average Bonchev–Trinajstić information content (AvgIpc) is 3.17. The van der Waals surface area contributed by atoms with Crippen LogP contribution in [0.2, 0.25) is 0 Å². The normalized spacial score (nSPS) is 10.6. The number of ether oxygens (including phenoxy) is 2. The zero-order valence-electron chi connectivity index (χ0n) is 17.0. The quantitative estimate of drug-likeness (QED) is 0.494. The number of methoxy groups -OCH3 is 2. The summed E-state index contributed by atoms with van der Waals surface area (Å²) >= 11 is 0. The number of amides is 2. The van der Waals surface area contributed by atoms with E-state index in [1.54, 1.807) is 32.4 Å². The topological polar surface area (TPSA) is 76.9 Å². The van der Waals surface area contributed by atoms with Crippen molar-refractivity contribution in [2.75, 3.05) is 24.9 Å². The third-order valence-corrected chi connectivity index (χ3v) is 4.70. The van der Waals surface area contributed by atoms with Crippen LogP contribution in [0.15, 0.2) is 67.0 Å². The van der Waals surface area contributed by atoms with Crippen LogP contribution in [-0.2, 0) is 0 Å². The first-order valence-electron chi connectivity index (χ1n) is 9.41. The van der Waals surface area contributed by atoms with Gasteiger partial charge in [0.25, 0.3) is 0 Å². The first kappa shape index (κ1) is 19.3. The van der Waals surface area contributed by atoms with Crippen LogP contribution in [-0.4, -0.2) is 29.6 Å². The van der Waals surface area contributed by atoms with Gasteiger partial charge in [-0.15, -0.1) is 0 Å². The summed E-state index contributed by atoms with van der Waals surface area (Å²) in [5.41, 5.74) is 5.20. The van der Waals surface area contributed by atoms with E-state index in [1.807, 2.05) is 60.1 Å². The smallest absolute Gasteiger partial charge is 0.323 e. The second-order valence-corrected chi connectivity index (χ2v) is 6.82. The summed E-state index contributed by atoms with van der Waals surface area (Å²) in [6.45, 7) is 2.04. The number of benzene rings is 2. The number of hydrogen-bond donors (Lipinski definition) is 2. The van der Waals surface area contributed by atoms with Crippen molar-refractivity contribution in [2.45, 2.75) is 6.92 Å². The third kappa shape index (κ3) is 4.05. The first-order chi connectivity index (χ1) is 14.6. The van der Waals surface area contributed by atoms with Gasteiger partial charge in [-0.25, -0.2) is 9.78 Å². The van der Waals surface area contributed by atoms with Crippen molar-refractivity contribution in [3.8, 4) is 22.8 Å². The highest BCUT2D eigenvalue weighted by atomic mass is 16.5. The van der Waals surface area contributed by atoms with Crippen molar-refractivity contribution in [3.05, 3.63) is 72.6 Å². The van der Waals surface area contributed by atoms with E-state index in [1.165, 1.54) is 5.56 Å². The van der Waals surface area contributed by atoms with Gasteiger partial charge in [0.15, 0.2) is 11.5 Å². The summed E-state index contributed by atoms with van der Waals surface area (Å²) in [6.07, 6.45) is 3.98. The molecule has 0 aliphatic heterocycles. The van der Waals surface area contributed by atoms with Gasteiger partial charge in [0, 0.05) is 35.4 Å². The van der Waals surface area contributed by atoms with Gasteiger partial charge in [-0.1, -0.05) is 12.1 Å². The van der Waals surface area contributed by atoms with Gasteiger partial charge in [0.05, 0.1) is 19.9 Å². The minimum absolute atomic E-state index is 0.349. The molecule has 0 saturated heterocycles. The fourth-order valence-corrected chi connectivity index (χ4v) is 3.15. The summed E-state index contributed by atoms with van der Waals surface area (Å²) in [6, 6.07) is 16.5. The summed E-state index contributed by atoms with van der Waals surface area (Å²) in [4.78, 5) is 17.0. The Morgan fingerprint density at radius 3 is 2.33 bits per heavy atom. The van der Waals surface area contributed by atoms with Crippen LogP contribution in [0.3, 0.4) is 0 Å². The minimum Gasteiger partial charge on any atom is -0.493 e. The van der Waals surface area contributed by atoms with E-state index < -0.39 is 0 Å². The molecule has 2 aromatic carbocycles. The van der Waals surface area contributed by atoms with Gasteiger partial charge < -0.3 is 24.5 Å². The lowest BCUT2D eigenvalue weighted by molar-refractivity contribution is 0.262. The van der Waals surface area contributed by atoms with Crippen LogP contribution in [0, 0.1) is 6.92 Å². The average molecular weight is 402 g/mol. The molecule has 30 heavy (non-hydrogen) atoms. The van der Waals surface area contributed by atoms with Gasteiger partial charge in [-0.2, -0.15) is 0 Å². The predicted molar refractivity (Wildman–Crippen MR) is 118 cm³/mol. The standard InChI is InChI=1S/C23H22N4O3/c1-15-10-11-27-14-19(26-22(27)12-15)16-4-6-17(7-5-16)24-23(28)25-18-8-9-20(29-2)21(13-18)30-3/h4-14H,1-3H3,(H2,24,25,28). The maximum absolute atomic E-state index is 12.3. The van der Waals surface area contributed by atoms with Crippen LogP contribution in [0.25, 0.3) is 16.9 Å². The van der Waals surface area contributed by atoms with Crippen LogP contribution in [0.4, 0.5) is 16.2 Å². The van der Waals surface area contributed by atoms with E-state index in [2.05, 4.69) is 15.6 Å². The number of carbonyl (C=O) groups is 1. The maximum atomic E-state index is 12.3. The third-order valence-electron chi connectivity index (χ3n) is 4.70. The molecule has 0 bridgehead atoms. The maximum Gasteiger partial charge on any atom is 0.323 e. The molecule has 4 rings (SSSR count). The molecule has 2 amide bonds. The molecule has 7 heteroatoms. The number of aromatic nitrogens is 2. The van der Waals surface area contributed by atoms with E-state index in [4.69, 9.17) is 9.47 Å². The second kappa shape index (κ2) is 8.16. The first-order valence-corrected chi connectivity index (χ1v) is 9.41. The number of fused-ring (bicyclic) bond motifs is 1. The number of rotatable bonds is 5. The monoisotopic (exact) mass is 402 g/mol. The fourth-order valence-electron chi connectivity index (χ4n) is 3.15. The number of nitrogens with one attached hydrogen (secondary N) is 2. The Morgan fingerprint density at radius 2 is 1.60 bits per heavy atom. The van der Waals surface area contributed by atoms with Crippen LogP contribution in [0.5, 0.6) is 11.5 Å². The van der Waals surface area contributed by atoms with Gasteiger partial charge in [-0.3, -0.25) is 0 Å². The molecule has 0 saturated carbocycles. The lowest BCUT2D eigenvalue weighted by Gasteiger charge is -2.11. The fraction of sp³-hybridized carbons (Fsp3) is 0.130. The van der Waals surface area contributed by atoms with Gasteiger partial charge in [0.1, 0.15) is 5.65 Å². The lowest BCUT2D eigenvalue weighted by Crippen LogP contribution is -2.19. The Hall–Kier alpha value is -4.00. The van der Waals surface area contributed by atoms with Crippen molar-refractivity contribution in [2.24, 2.45) is 0 Å². The van der Waals surface area contributed by atoms with Crippen LogP contribution < -0.4 is 20.1 Å². The molecule has 0 unspecified atom stereocenters. The highest BCUT2D eigenvalue weighted by Gasteiger charge is 2.09. The van der Waals surface area contributed by atoms with Crippen molar-refractivity contribution in [3.63, 3.8) is 0 Å². The van der Waals surface area contributed by atoms with E-state index >= 15 is 0 Å². The van der Waals surface area contributed by atoms with Crippen molar-refractivity contribution in [1.29, 1.82) is 0 Å².